The van der Waals surface area contributed by atoms with E-state index in [1.807, 2.05) is 7.05 Å². The number of piperazine rings is 1. The summed E-state index contributed by atoms with van der Waals surface area (Å²) in [6, 6.07) is 0.543. The van der Waals surface area contributed by atoms with Crippen LogP contribution in [-0.4, -0.2) is 49.8 Å². The summed E-state index contributed by atoms with van der Waals surface area (Å²) in [5.41, 5.74) is 0.145. The maximum Gasteiger partial charge on any atom is 0.188 e. The minimum atomic E-state index is 0.145. The Bertz CT molecular complexity index is 413. The monoisotopic (exact) mass is 266 g/mol. The molecule has 0 amide bonds. The maximum atomic E-state index is 4.30. The molecule has 1 aromatic rings. The van der Waals surface area contributed by atoms with Gasteiger partial charge in [0.2, 0.25) is 0 Å². The van der Waals surface area contributed by atoms with Crippen LogP contribution in [0.5, 0.6) is 0 Å². The van der Waals surface area contributed by atoms with Gasteiger partial charge in [0, 0.05) is 24.7 Å². The second-order valence-corrected chi connectivity index (χ2v) is 6.32. The number of hydrogen-bond donors (Lipinski definition) is 1. The van der Waals surface area contributed by atoms with Crippen molar-refractivity contribution in [3.8, 4) is 0 Å². The molecule has 2 atom stereocenters. The van der Waals surface area contributed by atoms with Crippen molar-refractivity contribution in [2.45, 2.75) is 52.2 Å². The number of rotatable bonds is 4. The molecule has 2 heterocycles. The lowest BCUT2D eigenvalue weighted by atomic mass is 9.91. The highest BCUT2D eigenvalue weighted by atomic mass is 15.6. The quantitative estimate of drug-likeness (QED) is 0.874. The predicted molar refractivity (Wildman–Crippen MR) is 74.5 cm³/mol. The van der Waals surface area contributed by atoms with Crippen molar-refractivity contribution in [1.82, 2.24) is 30.4 Å². The third kappa shape index (κ3) is 3.51. The molecule has 6 heteroatoms. The molecule has 0 bridgehead atoms. The largest absolute Gasteiger partial charge is 0.309 e. The lowest BCUT2D eigenvalue weighted by Gasteiger charge is -2.46. The van der Waals surface area contributed by atoms with E-state index in [9.17, 15) is 0 Å². The fourth-order valence-corrected chi connectivity index (χ4v) is 2.77. The molecule has 0 spiro atoms. The number of aromatic nitrogens is 4. The minimum Gasteiger partial charge on any atom is -0.309 e. The van der Waals surface area contributed by atoms with Gasteiger partial charge in [0.15, 0.2) is 5.82 Å². The Hall–Kier alpha value is -1.01. The second-order valence-electron chi connectivity index (χ2n) is 6.32. The van der Waals surface area contributed by atoms with Crippen LogP contribution in [0.3, 0.4) is 0 Å². The number of aryl methyl sites for hydroxylation is 1. The van der Waals surface area contributed by atoms with Gasteiger partial charge < -0.3 is 5.32 Å². The van der Waals surface area contributed by atoms with Gasteiger partial charge >= 0.3 is 0 Å². The van der Waals surface area contributed by atoms with E-state index in [1.54, 1.807) is 0 Å². The normalized spacial score (nSPS) is 25.4. The van der Waals surface area contributed by atoms with Crippen LogP contribution < -0.4 is 5.32 Å². The van der Waals surface area contributed by atoms with Crippen molar-refractivity contribution in [1.29, 1.82) is 0 Å². The molecule has 108 valence electrons. The Kier molecular flexibility index (Phi) is 4.20. The first kappa shape index (κ1) is 14.4. The molecule has 1 aliphatic rings. The molecule has 2 unspecified atom stereocenters. The highest BCUT2D eigenvalue weighted by Gasteiger charge is 2.35. The van der Waals surface area contributed by atoms with Gasteiger partial charge in [-0.3, -0.25) is 4.90 Å². The summed E-state index contributed by atoms with van der Waals surface area (Å²) in [6.07, 6.45) is 1.19. The van der Waals surface area contributed by atoms with Gasteiger partial charge in [-0.25, -0.2) is 0 Å². The van der Waals surface area contributed by atoms with E-state index in [0.717, 1.165) is 25.5 Å². The van der Waals surface area contributed by atoms with Gasteiger partial charge in [-0.2, -0.15) is 4.80 Å². The first-order valence-electron chi connectivity index (χ1n) is 7.13. The third-order valence-corrected chi connectivity index (χ3v) is 4.05. The summed E-state index contributed by atoms with van der Waals surface area (Å²) >= 11 is 0. The van der Waals surface area contributed by atoms with Crippen molar-refractivity contribution in [3.63, 3.8) is 0 Å². The molecule has 1 N–H and O–H groups in total. The van der Waals surface area contributed by atoms with Crippen LogP contribution in [0.1, 0.15) is 39.9 Å². The molecule has 1 fully saturated rings. The molecule has 0 radical (unpaired) electrons. The zero-order valence-corrected chi connectivity index (χ0v) is 12.7. The first-order chi connectivity index (χ1) is 8.91. The van der Waals surface area contributed by atoms with Crippen molar-refractivity contribution in [3.05, 3.63) is 5.82 Å². The Morgan fingerprint density at radius 3 is 2.79 bits per heavy atom. The average molecular weight is 266 g/mol. The van der Waals surface area contributed by atoms with E-state index in [0.29, 0.717) is 12.0 Å². The van der Waals surface area contributed by atoms with Crippen LogP contribution in [0.4, 0.5) is 0 Å². The van der Waals surface area contributed by atoms with Gasteiger partial charge in [-0.05, 0) is 25.0 Å². The van der Waals surface area contributed by atoms with Gasteiger partial charge in [-0.1, -0.05) is 20.3 Å². The molecular weight excluding hydrogens is 240 g/mol. The smallest absolute Gasteiger partial charge is 0.188 e. The van der Waals surface area contributed by atoms with Crippen LogP contribution in [-0.2, 0) is 13.6 Å². The fraction of sp³-hybridized carbons (Fsp3) is 0.923. The van der Waals surface area contributed by atoms with Crippen LogP contribution in [0.15, 0.2) is 0 Å². The molecule has 1 saturated heterocycles. The molecule has 1 aliphatic heterocycles. The molecule has 1 aromatic heterocycles. The third-order valence-electron chi connectivity index (χ3n) is 4.05. The summed E-state index contributed by atoms with van der Waals surface area (Å²) < 4.78 is 0. The van der Waals surface area contributed by atoms with Crippen molar-refractivity contribution in [2.75, 3.05) is 13.1 Å². The van der Waals surface area contributed by atoms with E-state index >= 15 is 0 Å². The van der Waals surface area contributed by atoms with Crippen LogP contribution >= 0.6 is 0 Å². The average Bonchev–Trinajstić information content (AvgIpc) is 2.73. The van der Waals surface area contributed by atoms with Crippen LogP contribution in [0, 0.1) is 5.92 Å². The minimum absolute atomic E-state index is 0.145. The Labute approximate surface area is 115 Å². The van der Waals surface area contributed by atoms with E-state index in [2.05, 4.69) is 53.3 Å². The summed E-state index contributed by atoms with van der Waals surface area (Å²) in [5.74, 6) is 1.48. The van der Waals surface area contributed by atoms with Gasteiger partial charge in [-0.15, -0.1) is 10.2 Å². The lowest BCUT2D eigenvalue weighted by Crippen LogP contribution is -2.62. The van der Waals surface area contributed by atoms with E-state index in [4.69, 9.17) is 0 Å². The Balaban J connectivity index is 2.11. The topological polar surface area (TPSA) is 58.9 Å². The molecule has 2 rings (SSSR count). The van der Waals surface area contributed by atoms with Crippen molar-refractivity contribution < 1.29 is 0 Å². The summed E-state index contributed by atoms with van der Waals surface area (Å²) in [5, 5.41) is 16.0. The summed E-state index contributed by atoms with van der Waals surface area (Å²) in [6.45, 7) is 11.9. The highest BCUT2D eigenvalue weighted by molar-refractivity contribution is 4.95. The first-order valence-corrected chi connectivity index (χ1v) is 7.13. The molecule has 6 nitrogen and oxygen atoms in total. The van der Waals surface area contributed by atoms with Gasteiger partial charge in [0.05, 0.1) is 13.6 Å². The Morgan fingerprint density at radius 1 is 1.47 bits per heavy atom. The number of nitrogens with zero attached hydrogens (tertiary/aromatic N) is 5. The SMILES string of the molecule is CCC(C)C1CNC(C)(C)CN1Cc1nnn(C)n1. The molecule has 0 saturated carbocycles. The van der Waals surface area contributed by atoms with Gasteiger partial charge in [0.1, 0.15) is 0 Å². The zero-order valence-electron chi connectivity index (χ0n) is 12.7. The number of tetrazole rings is 1. The summed E-state index contributed by atoms with van der Waals surface area (Å²) in [4.78, 5) is 4.03. The van der Waals surface area contributed by atoms with E-state index in [1.165, 1.54) is 11.2 Å². The Morgan fingerprint density at radius 2 is 2.21 bits per heavy atom. The lowest BCUT2D eigenvalue weighted by molar-refractivity contribution is 0.0549. The maximum absolute atomic E-state index is 4.30. The van der Waals surface area contributed by atoms with Crippen molar-refractivity contribution >= 4 is 0 Å². The molecular formula is C13H26N6. The molecule has 19 heavy (non-hydrogen) atoms. The second kappa shape index (κ2) is 5.54. The number of hydrogen-bond acceptors (Lipinski definition) is 5. The zero-order chi connectivity index (χ0) is 14.0. The van der Waals surface area contributed by atoms with Gasteiger partial charge in [0.25, 0.3) is 0 Å². The van der Waals surface area contributed by atoms with Crippen LogP contribution in [0.25, 0.3) is 0 Å². The van der Waals surface area contributed by atoms with Crippen LogP contribution in [0.2, 0.25) is 0 Å². The fourth-order valence-electron chi connectivity index (χ4n) is 2.77. The van der Waals surface area contributed by atoms with Crippen molar-refractivity contribution in [2.24, 2.45) is 13.0 Å². The molecule has 0 aliphatic carbocycles. The van der Waals surface area contributed by atoms with E-state index in [-0.39, 0.29) is 5.54 Å². The number of nitrogens with one attached hydrogen (secondary N) is 1. The summed E-state index contributed by atoms with van der Waals surface area (Å²) in [7, 11) is 1.81. The highest BCUT2D eigenvalue weighted by Crippen LogP contribution is 2.23. The standard InChI is InChI=1S/C13H26N6/c1-6-10(2)11-7-14-13(3,4)9-19(11)8-12-15-17-18(5)16-12/h10-11,14H,6-9H2,1-5H3. The molecule has 0 aromatic carbocycles. The predicted octanol–water partition coefficient (Wildman–Crippen LogP) is 0.809. The van der Waals surface area contributed by atoms with E-state index < -0.39 is 0 Å².